The van der Waals surface area contributed by atoms with Gasteiger partial charge in [-0.25, -0.2) is 9.18 Å². The minimum atomic E-state index is -0.369. The summed E-state index contributed by atoms with van der Waals surface area (Å²) in [6, 6.07) is 22.4. The Kier molecular flexibility index (Phi) is 5.25. The Balaban J connectivity index is 1.64. The molecular formula is C21H16FN3O. The van der Waals surface area contributed by atoms with E-state index in [1.54, 1.807) is 30.3 Å². The molecule has 0 unspecified atom stereocenters. The number of anilines is 1. The first-order valence-corrected chi connectivity index (χ1v) is 8.04. The lowest BCUT2D eigenvalue weighted by Gasteiger charge is -2.09. The molecular weight excluding hydrogens is 329 g/mol. The number of hydrogen-bond donors (Lipinski definition) is 2. The highest BCUT2D eigenvalue weighted by atomic mass is 19.1. The van der Waals surface area contributed by atoms with E-state index in [1.165, 1.54) is 12.1 Å². The standard InChI is InChI=1S/C21H16FN3O/c22-19-5-1-3-16(11-19)14-24-21(26)25-20-6-2-4-18(12-20)17-9-7-15(13-23)8-10-17/h1-12H,14H2,(H2,24,25,26). The van der Waals surface area contributed by atoms with Crippen molar-refractivity contribution in [2.45, 2.75) is 6.54 Å². The number of amides is 2. The Labute approximate surface area is 150 Å². The third-order valence-electron chi connectivity index (χ3n) is 3.81. The maximum Gasteiger partial charge on any atom is 0.319 e. The molecule has 2 N–H and O–H groups in total. The predicted octanol–water partition coefficient (Wildman–Crippen LogP) is 4.69. The van der Waals surface area contributed by atoms with Crippen LogP contribution in [-0.4, -0.2) is 6.03 Å². The van der Waals surface area contributed by atoms with Crippen LogP contribution in [0.15, 0.2) is 72.8 Å². The van der Waals surface area contributed by atoms with Crippen LogP contribution in [0.2, 0.25) is 0 Å². The second-order valence-corrected chi connectivity index (χ2v) is 5.71. The largest absolute Gasteiger partial charge is 0.334 e. The topological polar surface area (TPSA) is 64.9 Å². The number of nitrogens with one attached hydrogen (secondary N) is 2. The molecule has 0 spiro atoms. The van der Waals surface area contributed by atoms with Crippen LogP contribution < -0.4 is 10.6 Å². The van der Waals surface area contributed by atoms with Gasteiger partial charge < -0.3 is 10.6 Å². The van der Waals surface area contributed by atoms with Crippen molar-refractivity contribution >= 4 is 11.7 Å². The van der Waals surface area contributed by atoms with Crippen molar-refractivity contribution in [3.8, 4) is 17.2 Å². The fraction of sp³-hybridized carbons (Fsp3) is 0.0476. The first kappa shape index (κ1) is 17.2. The molecule has 0 saturated carbocycles. The fourth-order valence-corrected chi connectivity index (χ4v) is 2.52. The summed E-state index contributed by atoms with van der Waals surface area (Å²) in [5.41, 5.74) is 3.81. The summed E-state index contributed by atoms with van der Waals surface area (Å²) < 4.78 is 13.1. The van der Waals surface area contributed by atoms with Crippen LogP contribution in [0.25, 0.3) is 11.1 Å². The summed E-state index contributed by atoms with van der Waals surface area (Å²) in [6.07, 6.45) is 0. The summed E-state index contributed by atoms with van der Waals surface area (Å²) >= 11 is 0. The van der Waals surface area contributed by atoms with Crippen LogP contribution in [0, 0.1) is 17.1 Å². The molecule has 0 aliphatic rings. The molecule has 0 bridgehead atoms. The van der Waals surface area contributed by atoms with Crippen molar-refractivity contribution < 1.29 is 9.18 Å². The van der Waals surface area contributed by atoms with E-state index in [9.17, 15) is 9.18 Å². The van der Waals surface area contributed by atoms with Gasteiger partial charge in [0.25, 0.3) is 0 Å². The number of carbonyl (C=O) groups excluding carboxylic acids is 1. The van der Waals surface area contributed by atoms with Crippen LogP contribution in [0.3, 0.4) is 0 Å². The Morgan fingerprint density at radius 1 is 0.962 bits per heavy atom. The van der Waals surface area contributed by atoms with Crippen LogP contribution in [0.1, 0.15) is 11.1 Å². The zero-order valence-corrected chi connectivity index (χ0v) is 13.9. The number of nitrogens with zero attached hydrogens (tertiary/aromatic N) is 1. The van der Waals surface area contributed by atoms with Gasteiger partial charge in [-0.3, -0.25) is 0 Å². The maximum atomic E-state index is 13.1. The molecule has 0 aliphatic heterocycles. The number of rotatable bonds is 4. The molecule has 3 aromatic rings. The number of urea groups is 1. The van der Waals surface area contributed by atoms with Crippen LogP contribution >= 0.6 is 0 Å². The summed E-state index contributed by atoms with van der Waals surface area (Å²) in [5, 5.41) is 14.3. The number of benzene rings is 3. The highest BCUT2D eigenvalue weighted by Crippen LogP contribution is 2.23. The van der Waals surface area contributed by atoms with E-state index < -0.39 is 0 Å². The van der Waals surface area contributed by atoms with E-state index in [4.69, 9.17) is 5.26 Å². The quantitative estimate of drug-likeness (QED) is 0.721. The van der Waals surface area contributed by atoms with E-state index in [1.807, 2.05) is 30.3 Å². The molecule has 4 nitrogen and oxygen atoms in total. The predicted molar refractivity (Wildman–Crippen MR) is 98.9 cm³/mol. The van der Waals surface area contributed by atoms with Crippen molar-refractivity contribution in [1.82, 2.24) is 5.32 Å². The molecule has 0 fully saturated rings. The molecule has 0 heterocycles. The summed E-state index contributed by atoms with van der Waals surface area (Å²) in [6.45, 7) is 0.235. The minimum absolute atomic E-state index is 0.235. The lowest BCUT2D eigenvalue weighted by molar-refractivity contribution is 0.251. The van der Waals surface area contributed by atoms with E-state index >= 15 is 0 Å². The molecule has 0 radical (unpaired) electrons. The molecule has 0 saturated heterocycles. The third kappa shape index (κ3) is 4.46. The highest BCUT2D eigenvalue weighted by Gasteiger charge is 2.04. The lowest BCUT2D eigenvalue weighted by Crippen LogP contribution is -2.28. The zero-order valence-electron chi connectivity index (χ0n) is 13.9. The SMILES string of the molecule is N#Cc1ccc(-c2cccc(NC(=O)NCc3cccc(F)c3)c2)cc1. The number of nitriles is 1. The molecule has 128 valence electrons. The smallest absolute Gasteiger partial charge is 0.319 e. The molecule has 2 amide bonds. The number of hydrogen-bond acceptors (Lipinski definition) is 2. The monoisotopic (exact) mass is 345 g/mol. The normalized spacial score (nSPS) is 10.0. The maximum absolute atomic E-state index is 13.1. The lowest BCUT2D eigenvalue weighted by atomic mass is 10.0. The van der Waals surface area contributed by atoms with Gasteiger partial charge in [0.15, 0.2) is 0 Å². The molecule has 0 aliphatic carbocycles. The Morgan fingerprint density at radius 2 is 1.73 bits per heavy atom. The van der Waals surface area contributed by atoms with E-state index in [0.29, 0.717) is 16.8 Å². The summed E-state index contributed by atoms with van der Waals surface area (Å²) in [5.74, 6) is -0.333. The third-order valence-corrected chi connectivity index (χ3v) is 3.81. The molecule has 0 atom stereocenters. The van der Waals surface area contributed by atoms with Gasteiger partial charge in [0.05, 0.1) is 11.6 Å². The fourth-order valence-electron chi connectivity index (χ4n) is 2.52. The first-order valence-electron chi connectivity index (χ1n) is 8.04. The van der Waals surface area contributed by atoms with Gasteiger partial charge >= 0.3 is 6.03 Å². The molecule has 0 aromatic heterocycles. The number of carbonyl (C=O) groups is 1. The zero-order chi connectivity index (χ0) is 18.4. The second-order valence-electron chi connectivity index (χ2n) is 5.71. The van der Waals surface area contributed by atoms with Crippen molar-refractivity contribution in [1.29, 1.82) is 5.26 Å². The van der Waals surface area contributed by atoms with Crippen LogP contribution in [-0.2, 0) is 6.54 Å². The Bertz CT molecular complexity index is 961. The van der Waals surface area contributed by atoms with E-state index in [2.05, 4.69) is 16.7 Å². The van der Waals surface area contributed by atoms with Gasteiger partial charge in [-0.05, 0) is 53.1 Å². The van der Waals surface area contributed by atoms with Crippen molar-refractivity contribution in [2.24, 2.45) is 0 Å². The van der Waals surface area contributed by atoms with Crippen LogP contribution in [0.5, 0.6) is 0 Å². The average molecular weight is 345 g/mol. The Hall–Kier alpha value is -3.65. The average Bonchev–Trinajstić information content (AvgIpc) is 2.67. The van der Waals surface area contributed by atoms with Gasteiger partial charge in [0.1, 0.15) is 5.82 Å². The van der Waals surface area contributed by atoms with Crippen molar-refractivity contribution in [3.63, 3.8) is 0 Å². The van der Waals surface area contributed by atoms with E-state index in [0.717, 1.165) is 11.1 Å². The van der Waals surface area contributed by atoms with Gasteiger partial charge in [-0.2, -0.15) is 5.26 Å². The van der Waals surface area contributed by atoms with Crippen LogP contribution in [0.4, 0.5) is 14.9 Å². The van der Waals surface area contributed by atoms with Crippen molar-refractivity contribution in [2.75, 3.05) is 5.32 Å². The highest BCUT2D eigenvalue weighted by molar-refractivity contribution is 5.90. The van der Waals surface area contributed by atoms with Gasteiger partial charge in [-0.1, -0.05) is 36.4 Å². The first-order chi connectivity index (χ1) is 12.6. The summed E-state index contributed by atoms with van der Waals surface area (Å²) in [7, 11) is 0. The van der Waals surface area contributed by atoms with Gasteiger partial charge in [-0.15, -0.1) is 0 Å². The number of halogens is 1. The summed E-state index contributed by atoms with van der Waals surface area (Å²) in [4.78, 5) is 12.1. The second kappa shape index (κ2) is 7.95. The van der Waals surface area contributed by atoms with Gasteiger partial charge in [0, 0.05) is 12.2 Å². The molecule has 5 heteroatoms. The molecule has 3 aromatic carbocycles. The molecule has 26 heavy (non-hydrogen) atoms. The van der Waals surface area contributed by atoms with Crippen molar-refractivity contribution in [3.05, 3.63) is 89.7 Å². The van der Waals surface area contributed by atoms with E-state index in [-0.39, 0.29) is 18.4 Å². The minimum Gasteiger partial charge on any atom is -0.334 e. The Morgan fingerprint density at radius 3 is 2.46 bits per heavy atom. The molecule has 3 rings (SSSR count). The van der Waals surface area contributed by atoms with Gasteiger partial charge in [0.2, 0.25) is 0 Å².